The highest BCUT2D eigenvalue weighted by atomic mass is 16.2. The molecule has 0 spiro atoms. The van der Waals surface area contributed by atoms with Crippen LogP contribution in [0.4, 0.5) is 5.69 Å². The molecule has 0 radical (unpaired) electrons. The van der Waals surface area contributed by atoms with Crippen LogP contribution in [0, 0.1) is 0 Å². The molecule has 2 rings (SSSR count). The zero-order valence-corrected chi connectivity index (χ0v) is 9.67. The largest absolute Gasteiger partial charge is 0.384 e. The molecule has 1 aliphatic heterocycles. The monoisotopic (exact) mass is 233 g/mol. The minimum atomic E-state index is -0.219. The zero-order valence-electron chi connectivity index (χ0n) is 9.67. The molecule has 0 aromatic heterocycles. The van der Waals surface area contributed by atoms with E-state index in [0.29, 0.717) is 5.56 Å². The van der Waals surface area contributed by atoms with Gasteiger partial charge < -0.3 is 16.0 Å². The minimum absolute atomic E-state index is 0.00463. The number of hydrogen-bond acceptors (Lipinski definition) is 3. The number of fused-ring (bicyclic) bond motifs is 1. The second kappa shape index (κ2) is 4.86. The maximum atomic E-state index is 11.8. The van der Waals surface area contributed by atoms with Crippen molar-refractivity contribution in [3.63, 3.8) is 0 Å². The van der Waals surface area contributed by atoms with Crippen LogP contribution in [0.1, 0.15) is 15.9 Å². The van der Waals surface area contributed by atoms with Gasteiger partial charge in [0, 0.05) is 24.8 Å². The summed E-state index contributed by atoms with van der Waals surface area (Å²) in [7, 11) is 1.54. The molecule has 0 aliphatic carbocycles. The van der Waals surface area contributed by atoms with Gasteiger partial charge in [0.1, 0.15) is 0 Å². The van der Waals surface area contributed by atoms with Gasteiger partial charge in [-0.25, -0.2) is 0 Å². The molecular weight excluding hydrogens is 218 g/mol. The maximum absolute atomic E-state index is 11.8. The molecule has 0 atom stereocenters. The van der Waals surface area contributed by atoms with Crippen molar-refractivity contribution in [2.75, 3.05) is 25.5 Å². The second-order valence-electron chi connectivity index (χ2n) is 3.90. The molecule has 1 aromatic carbocycles. The highest BCUT2D eigenvalue weighted by Crippen LogP contribution is 2.22. The van der Waals surface area contributed by atoms with Crippen LogP contribution in [0.2, 0.25) is 0 Å². The first-order chi connectivity index (χ1) is 8.20. The van der Waals surface area contributed by atoms with Crippen LogP contribution in [-0.4, -0.2) is 32.0 Å². The van der Waals surface area contributed by atoms with Crippen LogP contribution in [-0.2, 0) is 11.2 Å². The third kappa shape index (κ3) is 2.55. The molecule has 3 N–H and O–H groups in total. The summed E-state index contributed by atoms with van der Waals surface area (Å²) < 4.78 is 0. The van der Waals surface area contributed by atoms with E-state index in [-0.39, 0.29) is 18.4 Å². The van der Waals surface area contributed by atoms with Gasteiger partial charge in [0.05, 0.1) is 6.54 Å². The second-order valence-corrected chi connectivity index (χ2v) is 3.90. The van der Waals surface area contributed by atoms with Gasteiger partial charge in [-0.1, -0.05) is 0 Å². The molecule has 0 unspecified atom stereocenters. The molecule has 0 fully saturated rings. The fraction of sp³-hybridized carbons (Fsp3) is 0.333. The Morgan fingerprint density at radius 1 is 1.41 bits per heavy atom. The Labute approximate surface area is 99.6 Å². The minimum Gasteiger partial charge on any atom is -0.384 e. The molecule has 1 aliphatic rings. The Morgan fingerprint density at radius 3 is 3.00 bits per heavy atom. The van der Waals surface area contributed by atoms with E-state index in [1.807, 2.05) is 12.1 Å². The van der Waals surface area contributed by atoms with Crippen molar-refractivity contribution < 1.29 is 9.59 Å². The quantitative estimate of drug-likeness (QED) is 0.695. The summed E-state index contributed by atoms with van der Waals surface area (Å²) in [5.74, 6) is -0.426. The van der Waals surface area contributed by atoms with Crippen LogP contribution in [0.3, 0.4) is 0 Å². The molecule has 5 nitrogen and oxygen atoms in total. The van der Waals surface area contributed by atoms with Gasteiger partial charge in [-0.05, 0) is 30.2 Å². The van der Waals surface area contributed by atoms with Crippen molar-refractivity contribution in [3.05, 3.63) is 29.3 Å². The van der Waals surface area contributed by atoms with Gasteiger partial charge in [0.25, 0.3) is 5.91 Å². The standard InChI is InChI=1S/C12H15N3O2/c1-13-11(16)7-15-12(17)9-2-3-10-8(6-9)4-5-14-10/h2-3,6,14H,4-5,7H2,1H3,(H,13,16)(H,15,17). The average Bonchev–Trinajstić information content (AvgIpc) is 2.82. The lowest BCUT2D eigenvalue weighted by Crippen LogP contribution is -2.35. The van der Waals surface area contributed by atoms with Crippen LogP contribution in [0.5, 0.6) is 0 Å². The van der Waals surface area contributed by atoms with E-state index in [0.717, 1.165) is 24.2 Å². The van der Waals surface area contributed by atoms with E-state index in [4.69, 9.17) is 0 Å². The van der Waals surface area contributed by atoms with Crippen molar-refractivity contribution in [3.8, 4) is 0 Å². The number of rotatable bonds is 3. The summed E-state index contributed by atoms with van der Waals surface area (Å²) in [5.41, 5.74) is 2.83. The Hall–Kier alpha value is -2.04. The van der Waals surface area contributed by atoms with Crippen molar-refractivity contribution >= 4 is 17.5 Å². The van der Waals surface area contributed by atoms with E-state index >= 15 is 0 Å². The van der Waals surface area contributed by atoms with Gasteiger partial charge in [-0.15, -0.1) is 0 Å². The summed E-state index contributed by atoms with van der Waals surface area (Å²) in [5, 5.41) is 8.25. The van der Waals surface area contributed by atoms with Gasteiger partial charge >= 0.3 is 0 Å². The third-order valence-corrected chi connectivity index (χ3v) is 2.77. The molecular formula is C12H15N3O2. The Balaban J connectivity index is 2.02. The summed E-state index contributed by atoms with van der Waals surface area (Å²) in [6.07, 6.45) is 0.936. The molecule has 0 saturated heterocycles. The zero-order chi connectivity index (χ0) is 12.3. The van der Waals surface area contributed by atoms with E-state index in [9.17, 15) is 9.59 Å². The smallest absolute Gasteiger partial charge is 0.251 e. The number of likely N-dealkylation sites (N-methyl/N-ethyl adjacent to an activating group) is 1. The molecule has 2 amide bonds. The number of hydrogen-bond donors (Lipinski definition) is 3. The molecule has 5 heteroatoms. The van der Waals surface area contributed by atoms with Crippen molar-refractivity contribution in [2.24, 2.45) is 0 Å². The molecule has 90 valence electrons. The number of carbonyl (C=O) groups is 2. The van der Waals surface area contributed by atoms with Gasteiger partial charge in [-0.2, -0.15) is 0 Å². The molecule has 0 saturated carbocycles. The van der Waals surface area contributed by atoms with Crippen LogP contribution >= 0.6 is 0 Å². The van der Waals surface area contributed by atoms with Gasteiger partial charge in [0.2, 0.25) is 5.91 Å². The van der Waals surface area contributed by atoms with Crippen LogP contribution in [0.15, 0.2) is 18.2 Å². The third-order valence-electron chi connectivity index (χ3n) is 2.77. The summed E-state index contributed by atoms with van der Waals surface area (Å²) in [4.78, 5) is 22.8. The lowest BCUT2D eigenvalue weighted by atomic mass is 10.1. The fourth-order valence-electron chi connectivity index (χ4n) is 1.80. The topological polar surface area (TPSA) is 70.2 Å². The summed E-state index contributed by atoms with van der Waals surface area (Å²) >= 11 is 0. The molecule has 17 heavy (non-hydrogen) atoms. The van der Waals surface area contributed by atoms with Gasteiger partial charge in [-0.3, -0.25) is 9.59 Å². The summed E-state index contributed by atoms with van der Waals surface area (Å²) in [6.45, 7) is 0.920. The van der Waals surface area contributed by atoms with Crippen molar-refractivity contribution in [2.45, 2.75) is 6.42 Å². The lowest BCUT2D eigenvalue weighted by Gasteiger charge is -2.06. The molecule has 1 aromatic rings. The summed E-state index contributed by atoms with van der Waals surface area (Å²) in [6, 6.07) is 5.53. The number of carbonyl (C=O) groups excluding carboxylic acids is 2. The molecule has 1 heterocycles. The highest BCUT2D eigenvalue weighted by molar-refractivity contribution is 5.97. The van der Waals surface area contributed by atoms with Gasteiger partial charge in [0.15, 0.2) is 0 Å². The van der Waals surface area contributed by atoms with Crippen LogP contribution in [0.25, 0.3) is 0 Å². The van der Waals surface area contributed by atoms with Crippen LogP contribution < -0.4 is 16.0 Å². The van der Waals surface area contributed by atoms with E-state index in [1.54, 1.807) is 6.07 Å². The van der Waals surface area contributed by atoms with E-state index < -0.39 is 0 Å². The normalized spacial score (nSPS) is 12.5. The maximum Gasteiger partial charge on any atom is 0.251 e. The number of nitrogens with one attached hydrogen (secondary N) is 3. The highest BCUT2D eigenvalue weighted by Gasteiger charge is 2.13. The first-order valence-corrected chi connectivity index (χ1v) is 5.56. The van der Waals surface area contributed by atoms with E-state index in [2.05, 4.69) is 16.0 Å². The fourth-order valence-corrected chi connectivity index (χ4v) is 1.80. The number of amides is 2. The van der Waals surface area contributed by atoms with E-state index in [1.165, 1.54) is 7.05 Å². The number of benzene rings is 1. The Morgan fingerprint density at radius 2 is 2.24 bits per heavy atom. The average molecular weight is 233 g/mol. The van der Waals surface area contributed by atoms with Crippen molar-refractivity contribution in [1.82, 2.24) is 10.6 Å². The first kappa shape index (κ1) is 11.4. The Bertz CT molecular complexity index is 457. The lowest BCUT2D eigenvalue weighted by molar-refractivity contribution is -0.119. The number of anilines is 1. The Kier molecular flexibility index (Phi) is 3.27. The predicted octanol–water partition coefficient (Wildman–Crippen LogP) is 0.130. The molecule has 0 bridgehead atoms. The SMILES string of the molecule is CNC(=O)CNC(=O)c1ccc2c(c1)CCN2. The predicted molar refractivity (Wildman–Crippen MR) is 65.0 cm³/mol. The first-order valence-electron chi connectivity index (χ1n) is 5.56. The van der Waals surface area contributed by atoms with Crippen molar-refractivity contribution in [1.29, 1.82) is 0 Å².